The maximum absolute atomic E-state index is 11.5. The minimum atomic E-state index is -0.286. The van der Waals surface area contributed by atoms with E-state index in [1.165, 1.54) is 0 Å². The van der Waals surface area contributed by atoms with Gasteiger partial charge in [-0.05, 0) is 48.9 Å². The summed E-state index contributed by atoms with van der Waals surface area (Å²) in [4.78, 5) is 28.1. The molecular formula is C20H29ClN4O2. The van der Waals surface area contributed by atoms with Crippen LogP contribution in [0.2, 0.25) is 0 Å². The Hall–Kier alpha value is -2.36. The molecule has 0 aliphatic rings. The Kier molecular flexibility index (Phi) is 9.77. The van der Waals surface area contributed by atoms with Gasteiger partial charge in [0.15, 0.2) is 0 Å². The molecule has 2 aromatic rings. The molecule has 2 aromatic heterocycles. The van der Waals surface area contributed by atoms with Crippen LogP contribution in [0.15, 0.2) is 21.7 Å². The van der Waals surface area contributed by atoms with Crippen molar-refractivity contribution >= 4 is 12.4 Å². The van der Waals surface area contributed by atoms with Crippen molar-refractivity contribution in [1.82, 2.24) is 9.97 Å². The van der Waals surface area contributed by atoms with Gasteiger partial charge < -0.3 is 15.7 Å². The van der Waals surface area contributed by atoms with Crippen LogP contribution >= 0.6 is 12.4 Å². The summed E-state index contributed by atoms with van der Waals surface area (Å²) in [5.41, 5.74) is 9.70. The first-order chi connectivity index (χ1) is 12.1. The fourth-order valence-electron chi connectivity index (χ4n) is 2.75. The Morgan fingerprint density at radius 2 is 1.41 bits per heavy atom. The van der Waals surface area contributed by atoms with Crippen LogP contribution in [0, 0.1) is 25.2 Å². The highest BCUT2D eigenvalue weighted by Crippen LogP contribution is 2.17. The maximum Gasteiger partial charge on any atom is 0.266 e. The number of halogens is 1. The van der Waals surface area contributed by atoms with E-state index >= 15 is 0 Å². The SMILES string of the molecule is Cc1cc(C(C)C)c(C#N)c(=O)[nH]1.Cc1cc(C(C)C)c(CN)c(=O)[nH]1.Cl. The number of pyridine rings is 2. The van der Waals surface area contributed by atoms with Gasteiger partial charge in [0.2, 0.25) is 0 Å². The Bertz CT molecular complexity index is 921. The summed E-state index contributed by atoms with van der Waals surface area (Å²) in [7, 11) is 0. The normalized spacial score (nSPS) is 10.1. The van der Waals surface area contributed by atoms with Crippen molar-refractivity contribution in [1.29, 1.82) is 5.26 Å². The van der Waals surface area contributed by atoms with Crippen molar-refractivity contribution in [3.05, 3.63) is 66.5 Å². The summed E-state index contributed by atoms with van der Waals surface area (Å²) in [5, 5.41) is 8.77. The van der Waals surface area contributed by atoms with Crippen LogP contribution in [0.25, 0.3) is 0 Å². The van der Waals surface area contributed by atoms with Gasteiger partial charge in [-0.1, -0.05) is 27.7 Å². The number of nitriles is 1. The molecule has 0 aliphatic carbocycles. The van der Waals surface area contributed by atoms with E-state index in [1.54, 1.807) is 0 Å². The van der Waals surface area contributed by atoms with Crippen LogP contribution in [0.1, 0.15) is 73.2 Å². The van der Waals surface area contributed by atoms with Crippen molar-refractivity contribution in [3.8, 4) is 6.07 Å². The summed E-state index contributed by atoms with van der Waals surface area (Å²) in [5.74, 6) is 0.551. The van der Waals surface area contributed by atoms with E-state index in [1.807, 2.05) is 45.9 Å². The van der Waals surface area contributed by atoms with Crippen LogP contribution in [0.5, 0.6) is 0 Å². The van der Waals surface area contributed by atoms with Crippen LogP contribution in [0.3, 0.4) is 0 Å². The molecule has 0 aliphatic heterocycles. The predicted molar refractivity (Wildman–Crippen MR) is 112 cm³/mol. The summed E-state index contributed by atoms with van der Waals surface area (Å²) in [6.07, 6.45) is 0. The van der Waals surface area contributed by atoms with Crippen LogP contribution in [-0.4, -0.2) is 9.97 Å². The highest BCUT2D eigenvalue weighted by molar-refractivity contribution is 5.85. The van der Waals surface area contributed by atoms with Crippen molar-refractivity contribution in [3.63, 3.8) is 0 Å². The Labute approximate surface area is 166 Å². The van der Waals surface area contributed by atoms with Gasteiger partial charge in [-0.3, -0.25) is 9.59 Å². The summed E-state index contributed by atoms with van der Waals surface area (Å²) >= 11 is 0. The van der Waals surface area contributed by atoms with Gasteiger partial charge in [-0.15, -0.1) is 12.4 Å². The second-order valence-corrected chi connectivity index (χ2v) is 6.95. The highest BCUT2D eigenvalue weighted by atomic mass is 35.5. The minimum absolute atomic E-state index is 0. The van der Waals surface area contributed by atoms with Gasteiger partial charge >= 0.3 is 0 Å². The molecule has 7 heteroatoms. The lowest BCUT2D eigenvalue weighted by Gasteiger charge is -2.10. The first-order valence-corrected chi connectivity index (χ1v) is 8.69. The zero-order chi connectivity index (χ0) is 20.0. The lowest BCUT2D eigenvalue weighted by molar-refractivity contribution is 0.820. The number of hydrogen-bond acceptors (Lipinski definition) is 4. The molecule has 0 amide bonds. The van der Waals surface area contributed by atoms with Gasteiger partial charge in [-0.25, -0.2) is 0 Å². The molecule has 2 rings (SSSR count). The predicted octanol–water partition coefficient (Wildman–Crippen LogP) is 3.37. The number of aryl methyl sites for hydroxylation is 2. The summed E-state index contributed by atoms with van der Waals surface area (Å²) < 4.78 is 0. The van der Waals surface area contributed by atoms with Gasteiger partial charge in [0, 0.05) is 23.5 Å². The largest absolute Gasteiger partial charge is 0.326 e. The number of H-pyrrole nitrogens is 2. The molecular weight excluding hydrogens is 364 g/mol. The van der Waals surface area contributed by atoms with Gasteiger partial charge in [0.25, 0.3) is 11.1 Å². The van der Waals surface area contributed by atoms with Gasteiger partial charge in [0.1, 0.15) is 11.6 Å². The second kappa shape index (κ2) is 10.7. The molecule has 0 saturated heterocycles. The standard InChI is InChI=1S/C10H16N2O.C10H12N2O.ClH/c2*1-6(2)8-4-7(3)12-10(13)9(8)5-11;/h4,6H,5,11H2,1-3H3,(H,12,13);4,6H,1-3H3,(H,12,13);1H. The molecule has 0 saturated carbocycles. The zero-order valence-corrected chi connectivity index (χ0v) is 17.6. The molecule has 0 spiro atoms. The van der Waals surface area contributed by atoms with Crippen molar-refractivity contribution in [2.45, 2.75) is 59.9 Å². The van der Waals surface area contributed by atoms with Crippen LogP contribution in [-0.2, 0) is 6.54 Å². The van der Waals surface area contributed by atoms with Gasteiger partial charge in [-0.2, -0.15) is 5.26 Å². The number of aromatic amines is 2. The maximum atomic E-state index is 11.5. The summed E-state index contributed by atoms with van der Waals surface area (Å²) in [6.45, 7) is 12.1. The molecule has 0 unspecified atom stereocenters. The molecule has 4 N–H and O–H groups in total. The minimum Gasteiger partial charge on any atom is -0.326 e. The first-order valence-electron chi connectivity index (χ1n) is 8.69. The number of hydrogen-bond donors (Lipinski definition) is 3. The molecule has 0 fully saturated rings. The topological polar surface area (TPSA) is 116 Å². The Balaban J connectivity index is 0.000000483. The van der Waals surface area contributed by atoms with Crippen molar-refractivity contribution in [2.75, 3.05) is 0 Å². The molecule has 2 heterocycles. The van der Waals surface area contributed by atoms with Crippen LogP contribution in [0.4, 0.5) is 0 Å². The quantitative estimate of drug-likeness (QED) is 0.742. The van der Waals surface area contributed by atoms with Crippen LogP contribution < -0.4 is 16.9 Å². The van der Waals surface area contributed by atoms with E-state index in [0.717, 1.165) is 22.5 Å². The number of aromatic nitrogens is 2. The fraction of sp³-hybridized carbons (Fsp3) is 0.450. The first kappa shape index (κ1) is 24.6. The molecule has 0 aromatic carbocycles. The Morgan fingerprint density at radius 1 is 0.963 bits per heavy atom. The van der Waals surface area contributed by atoms with Gasteiger partial charge in [0.05, 0.1) is 0 Å². The third-order valence-electron chi connectivity index (χ3n) is 4.06. The zero-order valence-electron chi connectivity index (χ0n) is 16.8. The lowest BCUT2D eigenvalue weighted by Crippen LogP contribution is -2.20. The smallest absolute Gasteiger partial charge is 0.266 e. The van der Waals surface area contributed by atoms with Crippen molar-refractivity contribution in [2.24, 2.45) is 5.73 Å². The molecule has 0 bridgehead atoms. The van der Waals surface area contributed by atoms with E-state index in [0.29, 0.717) is 18.0 Å². The van der Waals surface area contributed by atoms with E-state index in [-0.39, 0.29) is 35.0 Å². The molecule has 148 valence electrons. The molecule has 0 atom stereocenters. The molecule has 6 nitrogen and oxygen atoms in total. The number of nitrogens with two attached hydrogens (primary N) is 1. The summed E-state index contributed by atoms with van der Waals surface area (Å²) in [6, 6.07) is 5.77. The van der Waals surface area contributed by atoms with E-state index < -0.39 is 0 Å². The molecule has 27 heavy (non-hydrogen) atoms. The highest BCUT2D eigenvalue weighted by Gasteiger charge is 2.10. The third kappa shape index (κ3) is 6.38. The van der Waals surface area contributed by atoms with Crippen molar-refractivity contribution < 1.29 is 0 Å². The second-order valence-electron chi connectivity index (χ2n) is 6.95. The lowest BCUT2D eigenvalue weighted by atomic mass is 9.98. The van der Waals surface area contributed by atoms with E-state index in [2.05, 4.69) is 23.8 Å². The number of rotatable bonds is 3. The molecule has 0 radical (unpaired) electrons. The fourth-order valence-corrected chi connectivity index (χ4v) is 2.75. The number of nitrogens with one attached hydrogen (secondary N) is 2. The third-order valence-corrected chi connectivity index (χ3v) is 4.06. The van der Waals surface area contributed by atoms with E-state index in [9.17, 15) is 9.59 Å². The van der Waals surface area contributed by atoms with E-state index in [4.69, 9.17) is 11.0 Å². The Morgan fingerprint density at radius 3 is 1.81 bits per heavy atom. The monoisotopic (exact) mass is 392 g/mol. The number of nitrogens with zero attached hydrogens (tertiary/aromatic N) is 1. The average molecular weight is 393 g/mol. The average Bonchev–Trinajstić information content (AvgIpc) is 2.54.